The summed E-state index contributed by atoms with van der Waals surface area (Å²) in [6, 6.07) is 0. The summed E-state index contributed by atoms with van der Waals surface area (Å²) < 4.78 is 0. The molecule has 2 heterocycles. The molecule has 2 aliphatic rings. The van der Waals surface area contributed by atoms with E-state index >= 15 is 0 Å². The fourth-order valence-electron chi connectivity index (χ4n) is 4.69. The van der Waals surface area contributed by atoms with E-state index in [4.69, 9.17) is 37.7 Å². The monoisotopic (exact) mass is 747 g/mol. The quantitative estimate of drug-likeness (QED) is 0.199. The molecule has 0 N–H and O–H groups in total. The summed E-state index contributed by atoms with van der Waals surface area (Å²) in [6.45, 7) is 12.8. The van der Waals surface area contributed by atoms with Crippen LogP contribution in [0, 0.1) is 23.7 Å². The zero-order chi connectivity index (χ0) is 26.4. The number of hydrogen-bond donors (Lipinski definition) is 0. The van der Waals surface area contributed by atoms with Crippen LogP contribution in [0.3, 0.4) is 0 Å². The van der Waals surface area contributed by atoms with E-state index in [1.54, 1.807) is 0 Å². The van der Waals surface area contributed by atoms with Crippen molar-refractivity contribution in [2.75, 3.05) is 26.2 Å². The van der Waals surface area contributed by atoms with Crippen LogP contribution in [0.25, 0.3) is 10.6 Å². The molecule has 2 fully saturated rings. The minimum atomic E-state index is -3.06. The van der Waals surface area contributed by atoms with E-state index in [1.807, 2.05) is 0 Å². The molecule has 0 radical (unpaired) electrons. The normalized spacial score (nSPS) is 19.0. The first kappa shape index (κ1) is 35.7. The standard InChI is InChI=1S/2C14H24N.4ClH.Pt/c2*1-3-5-7-13(8-6-4-2)14-9-11-15-12-10-14;;;;;/h2*3-6,13-14H,7-12H2,1-2H3;4*1H;/q2*-1;;;;;+6/p-4/b2*5-3+,6-4+;;;;;. The molecule has 0 aliphatic carbocycles. The Morgan fingerprint density at radius 3 is 1.00 bits per heavy atom. The molecule has 2 rings (SSSR count). The van der Waals surface area contributed by atoms with Crippen LogP contribution >= 0.6 is 37.7 Å². The Bertz CT molecular complexity index is 510. The van der Waals surface area contributed by atoms with Gasteiger partial charge in [0.25, 0.3) is 0 Å². The van der Waals surface area contributed by atoms with Gasteiger partial charge < -0.3 is 10.6 Å². The van der Waals surface area contributed by atoms with Gasteiger partial charge in [0.1, 0.15) is 0 Å². The van der Waals surface area contributed by atoms with E-state index in [-0.39, 0.29) is 0 Å². The minimum absolute atomic E-state index is 0.841. The molecule has 0 bridgehead atoms. The Balaban J connectivity index is 0.000000555. The van der Waals surface area contributed by atoms with Crippen molar-refractivity contribution in [3.63, 3.8) is 0 Å². The van der Waals surface area contributed by atoms with Crippen molar-refractivity contribution in [1.29, 1.82) is 0 Å². The van der Waals surface area contributed by atoms with Crippen molar-refractivity contribution < 1.29 is 11.9 Å². The predicted octanol–water partition coefficient (Wildman–Crippen LogP) is 11.4. The zero-order valence-corrected chi connectivity index (χ0v) is 27.4. The van der Waals surface area contributed by atoms with Crippen molar-refractivity contribution in [1.82, 2.24) is 0 Å². The molecule has 7 heteroatoms. The fourth-order valence-corrected chi connectivity index (χ4v) is 4.69. The Hall–Kier alpha value is 0.728. The number of halogens is 4. The summed E-state index contributed by atoms with van der Waals surface area (Å²) in [4.78, 5) is 0. The van der Waals surface area contributed by atoms with Gasteiger partial charge in [0.15, 0.2) is 0 Å². The van der Waals surface area contributed by atoms with Crippen LogP contribution in [0.1, 0.15) is 79.1 Å². The van der Waals surface area contributed by atoms with Gasteiger partial charge in [-0.2, -0.15) is 0 Å². The van der Waals surface area contributed by atoms with E-state index in [1.165, 1.54) is 51.4 Å². The van der Waals surface area contributed by atoms with E-state index in [2.05, 4.69) is 86.9 Å². The third-order valence-electron chi connectivity index (χ3n) is 6.66. The van der Waals surface area contributed by atoms with Crippen LogP contribution in [0.4, 0.5) is 0 Å². The maximum absolute atomic E-state index is 5.01. The van der Waals surface area contributed by atoms with E-state index in [0.717, 1.165) is 49.9 Å². The zero-order valence-electron chi connectivity index (χ0n) is 22.1. The molecule has 0 spiro atoms. The Morgan fingerprint density at radius 1 is 0.571 bits per heavy atom. The number of allylic oxidation sites excluding steroid dienone is 8. The van der Waals surface area contributed by atoms with Crippen molar-refractivity contribution >= 4 is 37.7 Å². The van der Waals surface area contributed by atoms with Gasteiger partial charge in [-0.1, -0.05) is 74.3 Å². The van der Waals surface area contributed by atoms with Gasteiger partial charge in [-0.15, -0.1) is 26.2 Å². The third-order valence-corrected chi connectivity index (χ3v) is 6.66. The van der Waals surface area contributed by atoms with Crippen LogP contribution in [0.5, 0.6) is 0 Å². The van der Waals surface area contributed by atoms with Crippen LogP contribution in [0.2, 0.25) is 0 Å². The molecule has 0 aromatic carbocycles. The molecular weight excluding hydrogens is 701 g/mol. The second kappa shape index (κ2) is 23.8. The number of hydrogen-bond acceptors (Lipinski definition) is 0. The van der Waals surface area contributed by atoms with Crippen LogP contribution in [-0.4, -0.2) is 26.2 Å². The summed E-state index contributed by atoms with van der Waals surface area (Å²) in [6.07, 6.45) is 28.2. The van der Waals surface area contributed by atoms with E-state index in [0.29, 0.717) is 0 Å². The van der Waals surface area contributed by atoms with E-state index < -0.39 is 11.9 Å². The van der Waals surface area contributed by atoms with Crippen molar-refractivity contribution in [2.45, 2.75) is 79.1 Å². The molecule has 35 heavy (non-hydrogen) atoms. The first-order chi connectivity index (χ1) is 16.8. The first-order valence-electron chi connectivity index (χ1n) is 13.0. The predicted molar refractivity (Wildman–Crippen MR) is 160 cm³/mol. The second-order valence-corrected chi connectivity index (χ2v) is 28.7. The van der Waals surface area contributed by atoms with Crippen LogP contribution in [0.15, 0.2) is 48.6 Å². The molecule has 0 aromatic heterocycles. The van der Waals surface area contributed by atoms with Gasteiger partial charge in [0, 0.05) is 0 Å². The van der Waals surface area contributed by atoms with Crippen molar-refractivity contribution in [2.24, 2.45) is 23.7 Å². The molecule has 208 valence electrons. The molecule has 0 unspecified atom stereocenters. The molecule has 0 atom stereocenters. The third kappa shape index (κ3) is 22.4. The second-order valence-electron chi connectivity index (χ2n) is 9.03. The Labute approximate surface area is 236 Å². The Kier molecular flexibility index (Phi) is 24.3. The van der Waals surface area contributed by atoms with Gasteiger partial charge in [-0.3, -0.25) is 0 Å². The van der Waals surface area contributed by atoms with Crippen molar-refractivity contribution in [3.8, 4) is 0 Å². The number of piperidine rings is 2. The summed E-state index contributed by atoms with van der Waals surface area (Å²) in [5.41, 5.74) is 0. The molecule has 2 aliphatic heterocycles. The average molecular weight is 750 g/mol. The summed E-state index contributed by atoms with van der Waals surface area (Å²) >= 11 is -3.06. The van der Waals surface area contributed by atoms with Gasteiger partial charge >= 0.3 is 49.6 Å². The molecule has 2 saturated heterocycles. The van der Waals surface area contributed by atoms with Crippen LogP contribution in [-0.2, 0) is 11.9 Å². The molecule has 0 saturated carbocycles. The Morgan fingerprint density at radius 2 is 0.800 bits per heavy atom. The van der Waals surface area contributed by atoms with Crippen LogP contribution < -0.4 is 0 Å². The summed E-state index contributed by atoms with van der Waals surface area (Å²) in [7, 11) is 20.0. The SMILES string of the molecule is C/C=C/CC(C/C=C/C)C1CC[N-]CC1.C/C=C/CC(C/C=C/C)C1CC[N-]CC1.[Cl][Pt+2]([Cl])([Cl])[Cl]. The van der Waals surface area contributed by atoms with Gasteiger partial charge in [0.2, 0.25) is 0 Å². The van der Waals surface area contributed by atoms with Gasteiger partial charge in [-0.05, 0) is 77.0 Å². The molecule has 2 nitrogen and oxygen atoms in total. The molecule has 0 amide bonds. The number of nitrogens with zero attached hydrogens (tertiary/aromatic N) is 2. The molecule has 0 aromatic rings. The van der Waals surface area contributed by atoms with Crippen molar-refractivity contribution in [3.05, 3.63) is 59.2 Å². The summed E-state index contributed by atoms with van der Waals surface area (Å²) in [5.74, 6) is 3.48. The fraction of sp³-hybridized carbons (Fsp3) is 0.714. The van der Waals surface area contributed by atoms with Gasteiger partial charge in [-0.25, -0.2) is 0 Å². The summed E-state index contributed by atoms with van der Waals surface area (Å²) in [5, 5.41) is 8.87. The topological polar surface area (TPSA) is 28.2 Å². The van der Waals surface area contributed by atoms with Gasteiger partial charge in [0.05, 0.1) is 0 Å². The average Bonchev–Trinajstić information content (AvgIpc) is 2.85. The maximum atomic E-state index is 5.01. The van der Waals surface area contributed by atoms with E-state index in [9.17, 15) is 0 Å². The number of rotatable bonds is 10. The molecular formula is C28H48Cl4N2Pt. The first-order valence-corrected chi connectivity index (χ1v) is 24.2.